The van der Waals surface area contributed by atoms with Gasteiger partial charge in [0.1, 0.15) is 5.75 Å². The van der Waals surface area contributed by atoms with E-state index in [4.69, 9.17) is 9.47 Å². The standard InChI is InChI=1S/C22H25NO3/c1-25-20-10-8-19(9-11-20)22(13-15-26-16-14-22)17-23-21(24)12-7-18-5-3-2-4-6-18/h2-12H,13-17H2,1H3,(H,23,24)/b12-7+. The van der Waals surface area contributed by atoms with Crippen LogP contribution in [0.15, 0.2) is 60.7 Å². The molecule has 1 aliphatic rings. The molecule has 1 saturated heterocycles. The van der Waals surface area contributed by atoms with Crippen molar-refractivity contribution in [2.45, 2.75) is 18.3 Å². The van der Waals surface area contributed by atoms with Crippen LogP contribution in [-0.4, -0.2) is 32.8 Å². The number of hydrogen-bond donors (Lipinski definition) is 1. The van der Waals surface area contributed by atoms with E-state index in [1.807, 2.05) is 48.5 Å². The Labute approximate surface area is 154 Å². The fourth-order valence-electron chi connectivity index (χ4n) is 3.33. The number of carbonyl (C=O) groups excluding carboxylic acids is 1. The molecule has 0 unspecified atom stereocenters. The second-order valence-electron chi connectivity index (χ2n) is 6.58. The van der Waals surface area contributed by atoms with E-state index in [1.165, 1.54) is 5.56 Å². The van der Waals surface area contributed by atoms with Gasteiger partial charge in [0.15, 0.2) is 0 Å². The zero-order valence-electron chi connectivity index (χ0n) is 15.1. The van der Waals surface area contributed by atoms with Crippen LogP contribution in [0.4, 0.5) is 0 Å². The van der Waals surface area contributed by atoms with Gasteiger partial charge in [0.05, 0.1) is 7.11 Å². The molecule has 3 rings (SSSR count). The summed E-state index contributed by atoms with van der Waals surface area (Å²) in [6.07, 6.45) is 5.21. The van der Waals surface area contributed by atoms with Gasteiger partial charge in [-0.1, -0.05) is 42.5 Å². The molecule has 0 bridgehead atoms. The highest BCUT2D eigenvalue weighted by atomic mass is 16.5. The maximum Gasteiger partial charge on any atom is 0.244 e. The van der Waals surface area contributed by atoms with E-state index in [0.717, 1.165) is 24.2 Å². The molecule has 0 radical (unpaired) electrons. The molecule has 1 fully saturated rings. The maximum atomic E-state index is 12.3. The van der Waals surface area contributed by atoms with Crippen molar-refractivity contribution in [2.75, 3.05) is 26.9 Å². The molecule has 0 atom stereocenters. The molecule has 2 aromatic carbocycles. The van der Waals surface area contributed by atoms with Gasteiger partial charge in [-0.25, -0.2) is 0 Å². The molecule has 4 heteroatoms. The number of ether oxygens (including phenoxy) is 2. The van der Waals surface area contributed by atoms with E-state index in [2.05, 4.69) is 17.4 Å². The minimum absolute atomic E-state index is 0.0757. The summed E-state index contributed by atoms with van der Waals surface area (Å²) in [7, 11) is 1.67. The van der Waals surface area contributed by atoms with Crippen LogP contribution in [0.5, 0.6) is 5.75 Å². The van der Waals surface area contributed by atoms with Crippen molar-refractivity contribution in [3.05, 3.63) is 71.8 Å². The summed E-state index contributed by atoms with van der Waals surface area (Å²) in [6.45, 7) is 2.02. The van der Waals surface area contributed by atoms with E-state index >= 15 is 0 Å². The third-order valence-electron chi connectivity index (χ3n) is 4.98. The molecule has 0 aromatic heterocycles. The Morgan fingerprint density at radius 1 is 1.12 bits per heavy atom. The third-order valence-corrected chi connectivity index (χ3v) is 4.98. The van der Waals surface area contributed by atoms with Crippen molar-refractivity contribution in [3.63, 3.8) is 0 Å². The molecule has 4 nitrogen and oxygen atoms in total. The lowest BCUT2D eigenvalue weighted by molar-refractivity contribution is -0.116. The van der Waals surface area contributed by atoms with Crippen molar-refractivity contribution in [3.8, 4) is 5.75 Å². The number of hydrogen-bond acceptors (Lipinski definition) is 3. The van der Waals surface area contributed by atoms with Crippen molar-refractivity contribution in [1.29, 1.82) is 0 Å². The largest absolute Gasteiger partial charge is 0.497 e. The van der Waals surface area contributed by atoms with Crippen LogP contribution < -0.4 is 10.1 Å². The van der Waals surface area contributed by atoms with Crippen molar-refractivity contribution in [1.82, 2.24) is 5.32 Å². The van der Waals surface area contributed by atoms with Crippen LogP contribution in [0.3, 0.4) is 0 Å². The van der Waals surface area contributed by atoms with Gasteiger partial charge in [0, 0.05) is 31.2 Å². The molecule has 0 aliphatic carbocycles. The molecule has 1 aliphatic heterocycles. The zero-order valence-corrected chi connectivity index (χ0v) is 15.1. The molecule has 0 saturated carbocycles. The molecule has 26 heavy (non-hydrogen) atoms. The fraction of sp³-hybridized carbons (Fsp3) is 0.318. The smallest absolute Gasteiger partial charge is 0.244 e. The van der Waals surface area contributed by atoms with Gasteiger partial charge in [-0.3, -0.25) is 4.79 Å². The molecule has 1 N–H and O–H groups in total. The van der Waals surface area contributed by atoms with Crippen LogP contribution in [0.25, 0.3) is 6.08 Å². The lowest BCUT2D eigenvalue weighted by Gasteiger charge is -2.38. The minimum atomic E-state index is -0.0965. The van der Waals surface area contributed by atoms with E-state index in [0.29, 0.717) is 19.8 Å². The van der Waals surface area contributed by atoms with Gasteiger partial charge < -0.3 is 14.8 Å². The van der Waals surface area contributed by atoms with E-state index in [1.54, 1.807) is 13.2 Å². The van der Waals surface area contributed by atoms with Crippen molar-refractivity contribution < 1.29 is 14.3 Å². The van der Waals surface area contributed by atoms with E-state index in [-0.39, 0.29) is 11.3 Å². The first-order valence-electron chi connectivity index (χ1n) is 8.95. The van der Waals surface area contributed by atoms with Crippen molar-refractivity contribution in [2.24, 2.45) is 0 Å². The summed E-state index contributed by atoms with van der Waals surface area (Å²) in [6, 6.07) is 18.0. The van der Waals surface area contributed by atoms with Gasteiger partial charge in [-0.15, -0.1) is 0 Å². The summed E-state index contributed by atoms with van der Waals surface area (Å²) < 4.78 is 10.8. The lowest BCUT2D eigenvalue weighted by atomic mass is 9.74. The predicted octanol–water partition coefficient (Wildman–Crippen LogP) is 3.57. The summed E-state index contributed by atoms with van der Waals surface area (Å²) >= 11 is 0. The summed E-state index contributed by atoms with van der Waals surface area (Å²) in [4.78, 5) is 12.3. The second kappa shape index (κ2) is 8.68. The summed E-state index contributed by atoms with van der Waals surface area (Å²) in [5.74, 6) is 0.763. The molecular weight excluding hydrogens is 326 g/mol. The minimum Gasteiger partial charge on any atom is -0.497 e. The highest BCUT2D eigenvalue weighted by Crippen LogP contribution is 2.35. The van der Waals surface area contributed by atoms with E-state index < -0.39 is 0 Å². The molecule has 1 amide bonds. The summed E-state index contributed by atoms with van der Waals surface area (Å²) in [5.41, 5.74) is 2.13. The molecule has 136 valence electrons. The van der Waals surface area contributed by atoms with Gasteiger partial charge in [0.25, 0.3) is 0 Å². The predicted molar refractivity (Wildman–Crippen MR) is 103 cm³/mol. The van der Waals surface area contributed by atoms with Crippen LogP contribution in [0.1, 0.15) is 24.0 Å². The Balaban J connectivity index is 1.68. The third kappa shape index (κ3) is 4.52. The zero-order chi connectivity index (χ0) is 18.2. The van der Waals surface area contributed by atoms with Crippen LogP contribution in [-0.2, 0) is 14.9 Å². The van der Waals surface area contributed by atoms with Crippen molar-refractivity contribution >= 4 is 12.0 Å². The Bertz CT molecular complexity index is 732. The van der Waals surface area contributed by atoms with E-state index in [9.17, 15) is 4.79 Å². The molecule has 2 aromatic rings. The summed E-state index contributed by atoms with van der Waals surface area (Å²) in [5, 5.41) is 3.08. The molecule has 1 heterocycles. The van der Waals surface area contributed by atoms with Crippen LogP contribution in [0.2, 0.25) is 0 Å². The number of rotatable bonds is 6. The highest BCUT2D eigenvalue weighted by molar-refractivity contribution is 5.91. The number of benzene rings is 2. The molecular formula is C22H25NO3. The monoisotopic (exact) mass is 351 g/mol. The average molecular weight is 351 g/mol. The topological polar surface area (TPSA) is 47.6 Å². The first-order chi connectivity index (χ1) is 12.7. The first-order valence-corrected chi connectivity index (χ1v) is 8.95. The highest BCUT2D eigenvalue weighted by Gasteiger charge is 2.34. The Morgan fingerprint density at radius 3 is 2.46 bits per heavy atom. The number of methoxy groups -OCH3 is 1. The second-order valence-corrected chi connectivity index (χ2v) is 6.58. The Morgan fingerprint density at radius 2 is 1.81 bits per heavy atom. The number of nitrogens with one attached hydrogen (secondary N) is 1. The van der Waals surface area contributed by atoms with Gasteiger partial charge >= 0.3 is 0 Å². The lowest BCUT2D eigenvalue weighted by Crippen LogP contribution is -2.44. The normalized spacial score (nSPS) is 16.3. The van der Waals surface area contributed by atoms with Gasteiger partial charge in [-0.2, -0.15) is 0 Å². The number of amides is 1. The van der Waals surface area contributed by atoms with Crippen LogP contribution in [0, 0.1) is 0 Å². The number of carbonyl (C=O) groups is 1. The van der Waals surface area contributed by atoms with Gasteiger partial charge in [-0.05, 0) is 42.2 Å². The molecule has 0 spiro atoms. The van der Waals surface area contributed by atoms with Gasteiger partial charge in [0.2, 0.25) is 5.91 Å². The average Bonchev–Trinajstić information content (AvgIpc) is 2.72. The Kier molecular flexibility index (Phi) is 6.08. The Hall–Kier alpha value is -2.59. The SMILES string of the molecule is COc1ccc(C2(CNC(=O)/C=C/c3ccccc3)CCOCC2)cc1. The fourth-order valence-corrected chi connectivity index (χ4v) is 3.33. The maximum absolute atomic E-state index is 12.3. The quantitative estimate of drug-likeness (QED) is 0.810. The van der Waals surface area contributed by atoms with Crippen LogP contribution >= 0.6 is 0 Å². The first kappa shape index (κ1) is 18.2.